The van der Waals surface area contributed by atoms with Crippen LogP contribution in [-0.2, 0) is 9.47 Å². The topological polar surface area (TPSA) is 65.0 Å². The number of thiocarbonyl (C=S) groups is 1. The molecule has 18 heavy (non-hydrogen) atoms. The Bertz CT molecular complexity index is 552. The molecule has 0 N–H and O–H groups in total. The van der Waals surface area contributed by atoms with Crippen LogP contribution in [0.5, 0.6) is 0 Å². The van der Waals surface area contributed by atoms with Crippen LogP contribution in [0.1, 0.15) is 20.7 Å². The van der Waals surface area contributed by atoms with E-state index >= 15 is 0 Å². The standard InChI is InChI=1S/C11H8ClNO4S/c1-16-10(14)6-4-9(13-5-18)7(3-8(6)12)11(15)17-2/h3-4H,1-2H3. The van der Waals surface area contributed by atoms with Crippen molar-refractivity contribution in [3.63, 3.8) is 0 Å². The number of halogens is 1. The lowest BCUT2D eigenvalue weighted by Crippen LogP contribution is -2.06. The molecule has 0 radical (unpaired) electrons. The van der Waals surface area contributed by atoms with Crippen molar-refractivity contribution in [3.8, 4) is 0 Å². The number of carbonyl (C=O) groups is 2. The summed E-state index contributed by atoms with van der Waals surface area (Å²) in [7, 11) is 2.43. The van der Waals surface area contributed by atoms with Gasteiger partial charge in [0, 0.05) is 0 Å². The Morgan fingerprint density at radius 1 is 1.22 bits per heavy atom. The number of hydrogen-bond acceptors (Lipinski definition) is 6. The van der Waals surface area contributed by atoms with Gasteiger partial charge in [0.1, 0.15) is 0 Å². The molecule has 0 saturated carbocycles. The Hall–Kier alpha value is -1.75. The van der Waals surface area contributed by atoms with Crippen LogP contribution in [0.15, 0.2) is 17.1 Å². The molecule has 0 aliphatic rings. The lowest BCUT2D eigenvalue weighted by atomic mass is 10.1. The minimum atomic E-state index is -0.641. The second-order valence-electron chi connectivity index (χ2n) is 3.04. The summed E-state index contributed by atoms with van der Waals surface area (Å²) < 4.78 is 9.12. The molecule has 0 heterocycles. The zero-order chi connectivity index (χ0) is 13.7. The predicted octanol–water partition coefficient (Wildman–Crippen LogP) is 2.65. The lowest BCUT2D eigenvalue weighted by molar-refractivity contribution is 0.0587. The first-order valence-electron chi connectivity index (χ1n) is 4.63. The van der Waals surface area contributed by atoms with E-state index in [-0.39, 0.29) is 21.8 Å². The van der Waals surface area contributed by atoms with E-state index in [4.69, 9.17) is 11.6 Å². The number of nitrogens with zero attached hydrogens (tertiary/aromatic N) is 1. The number of carbonyl (C=O) groups excluding carboxylic acids is 2. The first-order valence-corrected chi connectivity index (χ1v) is 5.41. The smallest absolute Gasteiger partial charge is 0.340 e. The molecule has 1 rings (SSSR count). The molecule has 0 spiro atoms. The van der Waals surface area contributed by atoms with E-state index in [1.165, 1.54) is 26.4 Å². The van der Waals surface area contributed by atoms with Crippen LogP contribution in [0.2, 0.25) is 5.02 Å². The van der Waals surface area contributed by atoms with E-state index in [2.05, 4.69) is 31.8 Å². The first kappa shape index (κ1) is 14.3. The van der Waals surface area contributed by atoms with E-state index < -0.39 is 11.9 Å². The van der Waals surface area contributed by atoms with Gasteiger partial charge in [-0.05, 0) is 24.4 Å². The maximum atomic E-state index is 11.5. The third kappa shape index (κ3) is 2.92. The number of rotatable bonds is 3. The predicted molar refractivity (Wildman–Crippen MR) is 68.8 cm³/mol. The third-order valence-corrected chi connectivity index (χ3v) is 2.47. The summed E-state index contributed by atoms with van der Waals surface area (Å²) in [5.41, 5.74) is 0.310. The second kappa shape index (κ2) is 6.26. The van der Waals surface area contributed by atoms with Gasteiger partial charge in [0.05, 0.1) is 41.2 Å². The summed E-state index contributed by atoms with van der Waals surface area (Å²) in [6, 6.07) is 2.56. The monoisotopic (exact) mass is 285 g/mol. The highest BCUT2D eigenvalue weighted by Gasteiger charge is 2.19. The normalized spacial score (nSPS) is 9.28. The van der Waals surface area contributed by atoms with Crippen molar-refractivity contribution in [2.75, 3.05) is 14.2 Å². The van der Waals surface area contributed by atoms with Gasteiger partial charge < -0.3 is 9.47 Å². The maximum absolute atomic E-state index is 11.5. The highest BCUT2D eigenvalue weighted by atomic mass is 35.5. The van der Waals surface area contributed by atoms with Crippen LogP contribution < -0.4 is 0 Å². The molecule has 0 atom stereocenters. The van der Waals surface area contributed by atoms with Crippen molar-refractivity contribution >= 4 is 46.6 Å². The number of esters is 2. The van der Waals surface area contributed by atoms with Crippen molar-refractivity contribution in [1.29, 1.82) is 0 Å². The van der Waals surface area contributed by atoms with E-state index in [0.29, 0.717) is 0 Å². The molecule has 1 aromatic rings. The molecule has 5 nitrogen and oxygen atoms in total. The Balaban J connectivity index is 3.48. The number of methoxy groups -OCH3 is 2. The molecule has 0 aliphatic heterocycles. The Morgan fingerprint density at radius 2 is 1.78 bits per heavy atom. The molecule has 0 fully saturated rings. The highest BCUT2D eigenvalue weighted by molar-refractivity contribution is 7.78. The second-order valence-corrected chi connectivity index (χ2v) is 3.63. The van der Waals surface area contributed by atoms with Crippen LogP contribution in [0.3, 0.4) is 0 Å². The molecule has 0 saturated heterocycles. The van der Waals surface area contributed by atoms with Gasteiger partial charge >= 0.3 is 11.9 Å². The van der Waals surface area contributed by atoms with Crippen LogP contribution in [0.4, 0.5) is 5.69 Å². The van der Waals surface area contributed by atoms with E-state index in [9.17, 15) is 9.59 Å². The van der Waals surface area contributed by atoms with Gasteiger partial charge in [-0.1, -0.05) is 11.6 Å². The lowest BCUT2D eigenvalue weighted by Gasteiger charge is -2.07. The maximum Gasteiger partial charge on any atom is 0.340 e. The summed E-state index contributed by atoms with van der Waals surface area (Å²) >= 11 is 10.3. The number of hydrogen-bond donors (Lipinski definition) is 0. The third-order valence-electron chi connectivity index (χ3n) is 2.06. The van der Waals surface area contributed by atoms with Gasteiger partial charge in [-0.2, -0.15) is 4.99 Å². The fourth-order valence-electron chi connectivity index (χ4n) is 1.24. The Kier molecular flexibility index (Phi) is 4.97. The summed E-state index contributed by atoms with van der Waals surface area (Å²) in [6.45, 7) is 0. The fraction of sp³-hybridized carbons (Fsp3) is 0.182. The van der Waals surface area contributed by atoms with E-state index in [1.807, 2.05) is 0 Å². The van der Waals surface area contributed by atoms with E-state index in [0.717, 1.165) is 0 Å². The average molecular weight is 286 g/mol. The minimum Gasteiger partial charge on any atom is -0.465 e. The zero-order valence-corrected chi connectivity index (χ0v) is 11.1. The molecule has 0 bridgehead atoms. The van der Waals surface area contributed by atoms with Gasteiger partial charge in [-0.25, -0.2) is 9.59 Å². The molecular weight excluding hydrogens is 278 g/mol. The van der Waals surface area contributed by atoms with Gasteiger partial charge in [0.15, 0.2) is 0 Å². The van der Waals surface area contributed by atoms with Gasteiger partial charge in [0.2, 0.25) is 0 Å². The molecule has 7 heteroatoms. The molecule has 0 aromatic heterocycles. The fourth-order valence-corrected chi connectivity index (χ4v) is 1.58. The molecule has 0 unspecified atom stereocenters. The van der Waals surface area contributed by atoms with Crippen LogP contribution in [-0.4, -0.2) is 31.3 Å². The summed E-state index contributed by atoms with van der Waals surface area (Å²) in [6.07, 6.45) is 0. The number of benzene rings is 1. The van der Waals surface area contributed by atoms with E-state index in [1.54, 1.807) is 0 Å². The largest absolute Gasteiger partial charge is 0.465 e. The van der Waals surface area contributed by atoms with Crippen molar-refractivity contribution in [1.82, 2.24) is 0 Å². The quantitative estimate of drug-likeness (QED) is 0.485. The summed E-state index contributed by atoms with van der Waals surface area (Å²) in [5, 5.41) is 2.17. The van der Waals surface area contributed by atoms with Crippen molar-refractivity contribution in [2.24, 2.45) is 4.99 Å². The summed E-state index contributed by atoms with van der Waals surface area (Å²) in [4.78, 5) is 26.6. The van der Waals surface area contributed by atoms with Crippen LogP contribution in [0.25, 0.3) is 0 Å². The van der Waals surface area contributed by atoms with Crippen molar-refractivity contribution in [2.45, 2.75) is 0 Å². The molecule has 0 aliphatic carbocycles. The molecule has 0 amide bonds. The van der Waals surface area contributed by atoms with Crippen LogP contribution >= 0.6 is 23.8 Å². The molecular formula is C11H8ClNO4S. The Labute approximate surface area is 113 Å². The first-order chi connectivity index (χ1) is 8.54. The van der Waals surface area contributed by atoms with Gasteiger partial charge in [-0.3, -0.25) is 0 Å². The number of ether oxygens (including phenoxy) is 2. The number of isothiocyanates is 1. The molecule has 1 aromatic carbocycles. The SMILES string of the molecule is COC(=O)c1cc(N=C=S)c(C(=O)OC)cc1Cl. The zero-order valence-electron chi connectivity index (χ0n) is 9.52. The van der Waals surface area contributed by atoms with Gasteiger partial charge in [0.25, 0.3) is 0 Å². The number of aliphatic imine (C=N–C) groups is 1. The summed E-state index contributed by atoms with van der Waals surface area (Å²) in [5.74, 6) is -1.28. The average Bonchev–Trinajstić information content (AvgIpc) is 2.38. The highest BCUT2D eigenvalue weighted by Crippen LogP contribution is 2.28. The van der Waals surface area contributed by atoms with Crippen molar-refractivity contribution in [3.05, 3.63) is 28.3 Å². The van der Waals surface area contributed by atoms with Crippen LogP contribution in [0, 0.1) is 0 Å². The van der Waals surface area contributed by atoms with Crippen molar-refractivity contribution < 1.29 is 19.1 Å². The molecule has 94 valence electrons. The minimum absolute atomic E-state index is 0.0607. The Morgan fingerprint density at radius 3 is 2.28 bits per heavy atom. The van der Waals surface area contributed by atoms with Gasteiger partial charge in [-0.15, -0.1) is 0 Å².